The fraction of sp³-hybridized carbons (Fsp3) is 0.120. The second kappa shape index (κ2) is 8.36. The molecule has 1 N–H and O–H groups in total. The number of methoxy groups -OCH3 is 2. The normalized spacial score (nSPS) is 10.7. The molecule has 0 unspecified atom stereocenters. The Morgan fingerprint density at radius 2 is 1.74 bits per heavy atom. The molecule has 6 nitrogen and oxygen atoms in total. The molecule has 4 rings (SSSR count). The first kappa shape index (κ1) is 20.2. The zero-order chi connectivity index (χ0) is 22.0. The van der Waals surface area contributed by atoms with Gasteiger partial charge in [-0.1, -0.05) is 36.4 Å². The van der Waals surface area contributed by atoms with Gasteiger partial charge < -0.3 is 19.2 Å². The largest absolute Gasteiger partial charge is 0.496 e. The van der Waals surface area contributed by atoms with Crippen LogP contribution in [0.2, 0.25) is 0 Å². The van der Waals surface area contributed by atoms with Gasteiger partial charge in [0.25, 0.3) is 5.91 Å². The van der Waals surface area contributed by atoms with Gasteiger partial charge in [0.1, 0.15) is 17.1 Å². The van der Waals surface area contributed by atoms with Crippen molar-refractivity contribution in [2.45, 2.75) is 6.92 Å². The van der Waals surface area contributed by atoms with E-state index in [2.05, 4.69) is 5.32 Å². The number of rotatable bonds is 5. The maximum Gasteiger partial charge on any atom is 0.344 e. The highest BCUT2D eigenvalue weighted by molar-refractivity contribution is 6.07. The van der Waals surface area contributed by atoms with Gasteiger partial charge in [-0.15, -0.1) is 0 Å². The van der Waals surface area contributed by atoms with Gasteiger partial charge >= 0.3 is 5.63 Å². The van der Waals surface area contributed by atoms with E-state index in [1.165, 1.54) is 14.2 Å². The second-order valence-electron chi connectivity index (χ2n) is 7.01. The van der Waals surface area contributed by atoms with E-state index in [0.29, 0.717) is 39.5 Å². The third-order valence-corrected chi connectivity index (χ3v) is 5.06. The Balaban J connectivity index is 1.76. The highest BCUT2D eigenvalue weighted by atomic mass is 16.5. The molecule has 4 aromatic rings. The van der Waals surface area contributed by atoms with Crippen molar-refractivity contribution in [3.8, 4) is 22.6 Å². The molecule has 0 aliphatic rings. The lowest BCUT2D eigenvalue weighted by atomic mass is 10.0. The maximum absolute atomic E-state index is 13.0. The van der Waals surface area contributed by atoms with Gasteiger partial charge in [-0.3, -0.25) is 4.79 Å². The minimum absolute atomic E-state index is 0.346. The first-order chi connectivity index (χ1) is 15.0. The molecule has 0 fully saturated rings. The SMILES string of the molecule is COc1ccc(-c2cc3ccccc3oc2=O)cc1NC(=O)c1cccc(C)c1OC. The van der Waals surface area contributed by atoms with Crippen LogP contribution < -0.4 is 20.4 Å². The predicted molar refractivity (Wildman–Crippen MR) is 120 cm³/mol. The zero-order valence-electron chi connectivity index (χ0n) is 17.4. The summed E-state index contributed by atoms with van der Waals surface area (Å²) in [6, 6.07) is 19.6. The minimum atomic E-state index is -0.457. The summed E-state index contributed by atoms with van der Waals surface area (Å²) in [6.07, 6.45) is 0. The van der Waals surface area contributed by atoms with Gasteiger partial charge in [-0.25, -0.2) is 4.79 Å². The van der Waals surface area contributed by atoms with E-state index in [4.69, 9.17) is 13.9 Å². The number of aryl methyl sites for hydroxylation is 1. The van der Waals surface area contributed by atoms with Crippen LogP contribution in [-0.2, 0) is 0 Å². The summed E-state index contributed by atoms with van der Waals surface area (Å²) in [4.78, 5) is 25.5. The number of hydrogen-bond acceptors (Lipinski definition) is 5. The molecule has 31 heavy (non-hydrogen) atoms. The van der Waals surface area contributed by atoms with E-state index in [9.17, 15) is 9.59 Å². The Labute approximate surface area is 179 Å². The Hall–Kier alpha value is -4.06. The van der Waals surface area contributed by atoms with Crippen LogP contribution in [0.3, 0.4) is 0 Å². The van der Waals surface area contributed by atoms with E-state index >= 15 is 0 Å². The topological polar surface area (TPSA) is 77.8 Å². The van der Waals surface area contributed by atoms with Crippen molar-refractivity contribution >= 4 is 22.6 Å². The van der Waals surface area contributed by atoms with Crippen molar-refractivity contribution in [3.63, 3.8) is 0 Å². The number of carbonyl (C=O) groups excluding carboxylic acids is 1. The van der Waals surface area contributed by atoms with Crippen molar-refractivity contribution in [3.05, 3.63) is 88.3 Å². The first-order valence-electron chi connectivity index (χ1n) is 9.68. The van der Waals surface area contributed by atoms with E-state index in [1.54, 1.807) is 42.5 Å². The predicted octanol–water partition coefficient (Wildman–Crippen LogP) is 5.04. The van der Waals surface area contributed by atoms with Gasteiger partial charge in [-0.2, -0.15) is 0 Å². The van der Waals surface area contributed by atoms with Crippen LogP contribution in [0.4, 0.5) is 5.69 Å². The molecule has 0 spiro atoms. The van der Waals surface area contributed by atoms with E-state index in [-0.39, 0.29) is 5.91 Å². The Morgan fingerprint density at radius 3 is 2.52 bits per heavy atom. The van der Waals surface area contributed by atoms with Gasteiger partial charge in [0, 0.05) is 5.39 Å². The second-order valence-corrected chi connectivity index (χ2v) is 7.01. The van der Waals surface area contributed by atoms with Crippen LogP contribution in [0.15, 0.2) is 75.9 Å². The minimum Gasteiger partial charge on any atom is -0.496 e. The van der Waals surface area contributed by atoms with Gasteiger partial charge in [0.05, 0.1) is 31.0 Å². The fourth-order valence-corrected chi connectivity index (χ4v) is 3.53. The lowest BCUT2D eigenvalue weighted by molar-refractivity contribution is 0.102. The fourth-order valence-electron chi connectivity index (χ4n) is 3.53. The molecule has 1 aromatic heterocycles. The highest BCUT2D eigenvalue weighted by Gasteiger charge is 2.17. The van der Waals surface area contributed by atoms with Crippen LogP contribution >= 0.6 is 0 Å². The summed E-state index contributed by atoms with van der Waals surface area (Å²) in [5.74, 6) is 0.626. The van der Waals surface area contributed by atoms with Gasteiger partial charge in [-0.05, 0) is 48.4 Å². The van der Waals surface area contributed by atoms with Crippen molar-refractivity contribution in [2.75, 3.05) is 19.5 Å². The Morgan fingerprint density at radius 1 is 0.935 bits per heavy atom. The number of para-hydroxylation sites is 2. The third kappa shape index (κ3) is 3.88. The third-order valence-electron chi connectivity index (χ3n) is 5.06. The lowest BCUT2D eigenvalue weighted by Crippen LogP contribution is -2.14. The molecule has 1 heterocycles. The zero-order valence-corrected chi connectivity index (χ0v) is 17.4. The van der Waals surface area contributed by atoms with Crippen molar-refractivity contribution in [1.29, 1.82) is 0 Å². The molecule has 3 aromatic carbocycles. The number of hydrogen-bond donors (Lipinski definition) is 1. The van der Waals surface area contributed by atoms with Crippen molar-refractivity contribution < 1.29 is 18.7 Å². The molecule has 6 heteroatoms. The van der Waals surface area contributed by atoms with E-state index in [1.807, 2.05) is 31.2 Å². The summed E-state index contributed by atoms with van der Waals surface area (Å²) >= 11 is 0. The van der Waals surface area contributed by atoms with E-state index in [0.717, 1.165) is 10.9 Å². The van der Waals surface area contributed by atoms with Crippen LogP contribution in [-0.4, -0.2) is 20.1 Å². The van der Waals surface area contributed by atoms with Gasteiger partial charge in [0.2, 0.25) is 0 Å². The average molecular weight is 415 g/mol. The number of nitrogens with one attached hydrogen (secondary N) is 1. The molecule has 0 bridgehead atoms. The molecule has 0 saturated heterocycles. The maximum atomic E-state index is 13.0. The summed E-state index contributed by atoms with van der Waals surface area (Å²) in [5.41, 5.74) is 2.74. The molecular weight excluding hydrogens is 394 g/mol. The molecule has 0 atom stereocenters. The van der Waals surface area contributed by atoms with Crippen LogP contribution in [0, 0.1) is 6.92 Å². The molecule has 0 aliphatic heterocycles. The van der Waals surface area contributed by atoms with Crippen LogP contribution in [0.25, 0.3) is 22.1 Å². The van der Waals surface area contributed by atoms with Gasteiger partial charge in [0.15, 0.2) is 0 Å². The molecular formula is C25H21NO5. The Bertz CT molecular complexity index is 1340. The quantitative estimate of drug-likeness (QED) is 0.462. The monoisotopic (exact) mass is 415 g/mol. The number of ether oxygens (including phenoxy) is 2. The lowest BCUT2D eigenvalue weighted by Gasteiger charge is -2.14. The number of amides is 1. The summed E-state index contributed by atoms with van der Waals surface area (Å²) in [6.45, 7) is 1.87. The molecule has 0 radical (unpaired) electrons. The number of benzene rings is 3. The molecule has 0 aliphatic carbocycles. The highest BCUT2D eigenvalue weighted by Crippen LogP contribution is 2.32. The Kier molecular flexibility index (Phi) is 5.45. The summed E-state index contributed by atoms with van der Waals surface area (Å²) < 4.78 is 16.2. The molecule has 1 amide bonds. The van der Waals surface area contributed by atoms with Crippen molar-refractivity contribution in [2.24, 2.45) is 0 Å². The van der Waals surface area contributed by atoms with Crippen molar-refractivity contribution in [1.82, 2.24) is 0 Å². The first-order valence-corrected chi connectivity index (χ1v) is 9.68. The summed E-state index contributed by atoms with van der Waals surface area (Å²) in [5, 5.41) is 3.68. The number of fused-ring (bicyclic) bond motifs is 1. The standard InChI is InChI=1S/C25H21NO5/c1-15-7-6-9-18(23(15)30-3)24(27)26-20-14-16(11-12-22(20)29-2)19-13-17-8-4-5-10-21(17)31-25(19)28/h4-14H,1-3H3,(H,26,27). The molecule has 0 saturated carbocycles. The summed E-state index contributed by atoms with van der Waals surface area (Å²) in [7, 11) is 3.04. The average Bonchev–Trinajstić information content (AvgIpc) is 2.78. The number of carbonyl (C=O) groups is 1. The van der Waals surface area contributed by atoms with Crippen LogP contribution in [0.1, 0.15) is 15.9 Å². The van der Waals surface area contributed by atoms with E-state index < -0.39 is 5.63 Å². The smallest absolute Gasteiger partial charge is 0.344 e. The van der Waals surface area contributed by atoms with Crippen LogP contribution in [0.5, 0.6) is 11.5 Å². The molecule has 156 valence electrons. The number of anilines is 1.